The third-order valence-electron chi connectivity index (χ3n) is 3.70. The molecule has 3 heteroatoms. The van der Waals surface area contributed by atoms with Gasteiger partial charge in [0.1, 0.15) is 0 Å². The van der Waals surface area contributed by atoms with Crippen molar-refractivity contribution in [2.24, 2.45) is 5.92 Å². The molecule has 0 saturated heterocycles. The van der Waals surface area contributed by atoms with Crippen molar-refractivity contribution in [2.75, 3.05) is 7.11 Å². The van der Waals surface area contributed by atoms with Gasteiger partial charge in [-0.3, -0.25) is 4.79 Å². The van der Waals surface area contributed by atoms with Gasteiger partial charge in [0.25, 0.3) is 0 Å². The lowest BCUT2D eigenvalue weighted by molar-refractivity contribution is -0.142. The molecule has 0 aromatic carbocycles. The Hall–Kier alpha value is -0.570. The lowest BCUT2D eigenvalue weighted by atomic mass is 10.0. The summed E-state index contributed by atoms with van der Waals surface area (Å²) < 4.78 is 4.53. The number of unbranched alkanes of at least 4 members (excludes halogenated alkanes) is 7. The molecule has 1 unspecified atom stereocenters. The van der Waals surface area contributed by atoms with Gasteiger partial charge in [-0.25, -0.2) is 0 Å². The lowest BCUT2D eigenvalue weighted by Gasteiger charge is -2.08. The summed E-state index contributed by atoms with van der Waals surface area (Å²) in [4.78, 5) is 10.9. The first-order valence-electron chi connectivity index (χ1n) is 8.31. The highest BCUT2D eigenvalue weighted by atomic mass is 16.5. The number of methoxy groups -OCH3 is 1. The maximum absolute atomic E-state index is 10.9. The van der Waals surface area contributed by atoms with Crippen LogP contribution >= 0.6 is 0 Å². The molecule has 0 aliphatic heterocycles. The number of aliphatic hydroxyl groups excluding tert-OH is 1. The molecule has 0 aromatic rings. The van der Waals surface area contributed by atoms with E-state index in [0.29, 0.717) is 6.42 Å². The SMILES string of the molecule is COC(=O)CC(O)CCCCCCCCCCC(C)C. The van der Waals surface area contributed by atoms with E-state index in [0.717, 1.165) is 18.8 Å². The second-order valence-corrected chi connectivity index (χ2v) is 6.23. The second kappa shape index (κ2) is 13.4. The van der Waals surface area contributed by atoms with E-state index in [4.69, 9.17) is 0 Å². The molecule has 0 radical (unpaired) electrons. The second-order valence-electron chi connectivity index (χ2n) is 6.23. The van der Waals surface area contributed by atoms with E-state index in [1.165, 1.54) is 52.1 Å². The normalized spacial score (nSPS) is 12.7. The van der Waals surface area contributed by atoms with Crippen LogP contribution in [0, 0.1) is 5.92 Å². The maximum Gasteiger partial charge on any atom is 0.308 e. The predicted octanol–water partition coefficient (Wildman–Crippen LogP) is 4.47. The number of carbonyl (C=O) groups is 1. The zero-order chi connectivity index (χ0) is 15.2. The Morgan fingerprint density at radius 1 is 0.900 bits per heavy atom. The van der Waals surface area contributed by atoms with Crippen molar-refractivity contribution >= 4 is 5.97 Å². The average molecular weight is 286 g/mol. The molecule has 0 aliphatic rings. The molecule has 0 aliphatic carbocycles. The molecular formula is C17H34O3. The monoisotopic (exact) mass is 286 g/mol. The molecule has 120 valence electrons. The number of aliphatic hydroxyl groups is 1. The van der Waals surface area contributed by atoms with Gasteiger partial charge in [0.05, 0.1) is 19.6 Å². The number of ether oxygens (including phenoxy) is 1. The number of rotatable bonds is 13. The molecule has 0 fully saturated rings. The molecular weight excluding hydrogens is 252 g/mol. The molecule has 0 aromatic heterocycles. The van der Waals surface area contributed by atoms with Crippen molar-refractivity contribution in [1.29, 1.82) is 0 Å². The first kappa shape index (κ1) is 19.4. The van der Waals surface area contributed by atoms with E-state index >= 15 is 0 Å². The van der Waals surface area contributed by atoms with Crippen LogP contribution in [0.25, 0.3) is 0 Å². The fraction of sp³-hybridized carbons (Fsp3) is 0.941. The predicted molar refractivity (Wildman–Crippen MR) is 83.6 cm³/mol. The van der Waals surface area contributed by atoms with Crippen LogP contribution in [0.4, 0.5) is 0 Å². The first-order valence-corrected chi connectivity index (χ1v) is 8.31. The minimum atomic E-state index is -0.529. The molecule has 0 amide bonds. The van der Waals surface area contributed by atoms with Gasteiger partial charge >= 0.3 is 5.97 Å². The van der Waals surface area contributed by atoms with E-state index in [-0.39, 0.29) is 12.4 Å². The van der Waals surface area contributed by atoms with Crippen LogP contribution in [-0.2, 0) is 9.53 Å². The quantitative estimate of drug-likeness (QED) is 0.401. The van der Waals surface area contributed by atoms with Crippen LogP contribution < -0.4 is 0 Å². The summed E-state index contributed by atoms with van der Waals surface area (Å²) in [5.74, 6) is 0.519. The fourth-order valence-corrected chi connectivity index (χ4v) is 2.37. The van der Waals surface area contributed by atoms with E-state index in [2.05, 4.69) is 18.6 Å². The molecule has 1 atom stereocenters. The highest BCUT2D eigenvalue weighted by Crippen LogP contribution is 2.14. The van der Waals surface area contributed by atoms with Crippen molar-refractivity contribution in [2.45, 2.75) is 90.6 Å². The van der Waals surface area contributed by atoms with Gasteiger partial charge in [0.2, 0.25) is 0 Å². The third-order valence-corrected chi connectivity index (χ3v) is 3.70. The Labute approximate surface area is 125 Å². The molecule has 20 heavy (non-hydrogen) atoms. The number of esters is 1. The van der Waals surface area contributed by atoms with Crippen molar-refractivity contribution < 1.29 is 14.6 Å². The van der Waals surface area contributed by atoms with Crippen molar-refractivity contribution in [3.8, 4) is 0 Å². The molecule has 1 N–H and O–H groups in total. The van der Waals surface area contributed by atoms with E-state index in [1.54, 1.807) is 0 Å². The Kier molecular flexibility index (Phi) is 13.0. The van der Waals surface area contributed by atoms with Gasteiger partial charge < -0.3 is 9.84 Å². The first-order chi connectivity index (χ1) is 9.56. The molecule has 0 heterocycles. The summed E-state index contributed by atoms with van der Waals surface area (Å²) in [6, 6.07) is 0. The Bertz CT molecular complexity index is 226. The summed E-state index contributed by atoms with van der Waals surface area (Å²) in [5, 5.41) is 9.59. The van der Waals surface area contributed by atoms with Crippen molar-refractivity contribution in [1.82, 2.24) is 0 Å². The number of carbonyl (C=O) groups excluding carboxylic acids is 1. The standard InChI is InChI=1S/C17H34O3/c1-15(2)12-10-8-6-4-5-7-9-11-13-16(18)14-17(19)20-3/h15-16,18H,4-14H2,1-3H3. The average Bonchev–Trinajstić information content (AvgIpc) is 2.40. The van der Waals surface area contributed by atoms with Crippen LogP contribution in [0.15, 0.2) is 0 Å². The summed E-state index contributed by atoms with van der Waals surface area (Å²) in [6.45, 7) is 4.57. The van der Waals surface area contributed by atoms with Gasteiger partial charge in [0.15, 0.2) is 0 Å². The smallest absolute Gasteiger partial charge is 0.308 e. The summed E-state index contributed by atoms with van der Waals surface area (Å²) in [6.07, 6.45) is 11.8. The highest BCUT2D eigenvalue weighted by molar-refractivity contribution is 5.69. The summed E-state index contributed by atoms with van der Waals surface area (Å²) in [7, 11) is 1.36. The number of hydrogen-bond donors (Lipinski definition) is 1. The van der Waals surface area contributed by atoms with E-state index in [9.17, 15) is 9.90 Å². The van der Waals surface area contributed by atoms with E-state index in [1.807, 2.05) is 0 Å². The Morgan fingerprint density at radius 2 is 1.35 bits per heavy atom. The van der Waals surface area contributed by atoms with Crippen molar-refractivity contribution in [3.05, 3.63) is 0 Å². The molecule has 0 rings (SSSR count). The maximum atomic E-state index is 10.9. The Morgan fingerprint density at radius 3 is 1.80 bits per heavy atom. The zero-order valence-corrected chi connectivity index (χ0v) is 13.7. The van der Waals surface area contributed by atoms with Crippen molar-refractivity contribution in [3.63, 3.8) is 0 Å². The van der Waals surface area contributed by atoms with Crippen LogP contribution in [0.2, 0.25) is 0 Å². The van der Waals surface area contributed by atoms with Crippen LogP contribution in [0.1, 0.15) is 84.5 Å². The third kappa shape index (κ3) is 13.9. The van der Waals surface area contributed by atoms with E-state index < -0.39 is 6.10 Å². The lowest BCUT2D eigenvalue weighted by Crippen LogP contribution is -2.14. The topological polar surface area (TPSA) is 46.5 Å². The number of hydrogen-bond acceptors (Lipinski definition) is 3. The minimum absolute atomic E-state index is 0.131. The van der Waals surface area contributed by atoms with Crippen LogP contribution in [-0.4, -0.2) is 24.3 Å². The largest absolute Gasteiger partial charge is 0.469 e. The minimum Gasteiger partial charge on any atom is -0.469 e. The van der Waals surface area contributed by atoms with Gasteiger partial charge in [-0.05, 0) is 12.3 Å². The van der Waals surface area contributed by atoms with Gasteiger partial charge in [0, 0.05) is 0 Å². The van der Waals surface area contributed by atoms with Crippen LogP contribution in [0.3, 0.4) is 0 Å². The van der Waals surface area contributed by atoms with Crippen LogP contribution in [0.5, 0.6) is 0 Å². The van der Waals surface area contributed by atoms with Gasteiger partial charge in [-0.2, -0.15) is 0 Å². The molecule has 3 nitrogen and oxygen atoms in total. The summed E-state index contributed by atoms with van der Waals surface area (Å²) in [5.41, 5.74) is 0. The fourth-order valence-electron chi connectivity index (χ4n) is 2.37. The molecule has 0 spiro atoms. The highest BCUT2D eigenvalue weighted by Gasteiger charge is 2.09. The van der Waals surface area contributed by atoms with Gasteiger partial charge in [-0.15, -0.1) is 0 Å². The zero-order valence-electron chi connectivity index (χ0n) is 13.7. The summed E-state index contributed by atoms with van der Waals surface area (Å²) >= 11 is 0. The molecule has 0 bridgehead atoms. The van der Waals surface area contributed by atoms with Gasteiger partial charge in [-0.1, -0.05) is 71.6 Å². The molecule has 0 saturated carbocycles. The Balaban J connectivity index is 3.18.